The van der Waals surface area contributed by atoms with Crippen molar-refractivity contribution >= 4 is 16.8 Å². The maximum Gasteiger partial charge on any atom is 0.223 e. The number of nitrogens with one attached hydrogen (secondary N) is 2. The molecule has 5 heteroatoms. The zero-order valence-electron chi connectivity index (χ0n) is 13.3. The number of hydrogen-bond donors (Lipinski definition) is 2. The average Bonchev–Trinajstić information content (AvgIpc) is 2.92. The standard InChI is InChI=1S/C17H23FN2O2/c1-4-11(17(21)19-5-2)6-7-12-10-20-16-14(12)8-13(22-3)9-15(16)18/h8-11,20H,4-7H2,1-3H3,(H,19,21). The number of aromatic amines is 1. The van der Waals surface area contributed by atoms with Crippen molar-refractivity contribution in [3.8, 4) is 5.75 Å². The smallest absolute Gasteiger partial charge is 0.223 e. The molecule has 1 aromatic carbocycles. The van der Waals surface area contributed by atoms with Gasteiger partial charge < -0.3 is 15.0 Å². The Hall–Kier alpha value is -2.04. The highest BCUT2D eigenvalue weighted by Crippen LogP contribution is 2.28. The number of halogens is 1. The molecule has 0 saturated carbocycles. The summed E-state index contributed by atoms with van der Waals surface area (Å²) in [6, 6.07) is 3.20. The van der Waals surface area contributed by atoms with E-state index in [2.05, 4.69) is 10.3 Å². The lowest BCUT2D eigenvalue weighted by Gasteiger charge is -2.13. The second kappa shape index (κ2) is 7.29. The van der Waals surface area contributed by atoms with Crippen molar-refractivity contribution in [2.75, 3.05) is 13.7 Å². The third-order valence-corrected chi connectivity index (χ3v) is 4.01. The lowest BCUT2D eigenvalue weighted by molar-refractivity contribution is -0.125. The Kier molecular flexibility index (Phi) is 5.41. The molecule has 0 fully saturated rings. The van der Waals surface area contributed by atoms with E-state index in [-0.39, 0.29) is 17.6 Å². The van der Waals surface area contributed by atoms with Gasteiger partial charge in [0.15, 0.2) is 5.82 Å². The van der Waals surface area contributed by atoms with Gasteiger partial charge in [0, 0.05) is 30.1 Å². The highest BCUT2D eigenvalue weighted by molar-refractivity contribution is 5.85. The van der Waals surface area contributed by atoms with E-state index in [1.54, 1.807) is 0 Å². The molecule has 0 aliphatic rings. The van der Waals surface area contributed by atoms with Crippen molar-refractivity contribution in [2.45, 2.75) is 33.1 Å². The summed E-state index contributed by atoms with van der Waals surface area (Å²) in [6.45, 7) is 4.57. The molecule has 1 amide bonds. The fourth-order valence-electron chi connectivity index (χ4n) is 2.71. The number of amides is 1. The summed E-state index contributed by atoms with van der Waals surface area (Å²) in [5.74, 6) is 0.256. The van der Waals surface area contributed by atoms with Crippen molar-refractivity contribution in [1.29, 1.82) is 0 Å². The number of methoxy groups -OCH3 is 1. The number of aromatic nitrogens is 1. The summed E-state index contributed by atoms with van der Waals surface area (Å²) >= 11 is 0. The number of hydrogen-bond acceptors (Lipinski definition) is 2. The van der Waals surface area contributed by atoms with Crippen LogP contribution in [0.15, 0.2) is 18.3 Å². The summed E-state index contributed by atoms with van der Waals surface area (Å²) in [6.07, 6.45) is 4.08. The predicted octanol–water partition coefficient (Wildman–Crippen LogP) is 3.41. The third kappa shape index (κ3) is 3.40. The maximum atomic E-state index is 14.0. The molecular formula is C17H23FN2O2. The van der Waals surface area contributed by atoms with Gasteiger partial charge in [0.25, 0.3) is 0 Å². The zero-order valence-corrected chi connectivity index (χ0v) is 13.3. The Balaban J connectivity index is 2.17. The molecule has 0 bridgehead atoms. The van der Waals surface area contributed by atoms with Crippen molar-refractivity contribution in [1.82, 2.24) is 10.3 Å². The second-order valence-electron chi connectivity index (χ2n) is 5.38. The molecule has 22 heavy (non-hydrogen) atoms. The number of aryl methyl sites for hydroxylation is 1. The molecule has 0 saturated heterocycles. The molecular weight excluding hydrogens is 283 g/mol. The number of fused-ring (bicyclic) bond motifs is 1. The molecule has 1 atom stereocenters. The second-order valence-corrected chi connectivity index (χ2v) is 5.38. The van der Waals surface area contributed by atoms with E-state index < -0.39 is 0 Å². The Labute approximate surface area is 130 Å². The average molecular weight is 306 g/mol. The maximum absolute atomic E-state index is 14.0. The van der Waals surface area contributed by atoms with E-state index in [9.17, 15) is 9.18 Å². The van der Waals surface area contributed by atoms with Crippen LogP contribution in [0.25, 0.3) is 10.9 Å². The van der Waals surface area contributed by atoms with Crippen LogP contribution in [0, 0.1) is 11.7 Å². The number of H-pyrrole nitrogens is 1. The first kappa shape index (κ1) is 16.3. The van der Waals surface area contributed by atoms with Crippen molar-refractivity contribution in [3.63, 3.8) is 0 Å². The van der Waals surface area contributed by atoms with E-state index in [0.717, 1.165) is 30.2 Å². The Morgan fingerprint density at radius 1 is 1.41 bits per heavy atom. The minimum atomic E-state index is -0.323. The van der Waals surface area contributed by atoms with Crippen molar-refractivity contribution < 1.29 is 13.9 Å². The minimum Gasteiger partial charge on any atom is -0.497 e. The molecule has 4 nitrogen and oxygen atoms in total. The summed E-state index contributed by atoms with van der Waals surface area (Å²) < 4.78 is 19.1. The lowest BCUT2D eigenvalue weighted by atomic mass is 9.96. The van der Waals surface area contributed by atoms with Gasteiger partial charge >= 0.3 is 0 Å². The van der Waals surface area contributed by atoms with Crippen LogP contribution in [0.2, 0.25) is 0 Å². The first-order valence-corrected chi connectivity index (χ1v) is 7.71. The summed E-state index contributed by atoms with van der Waals surface area (Å²) in [5, 5.41) is 3.69. The van der Waals surface area contributed by atoms with E-state index in [0.29, 0.717) is 17.8 Å². The zero-order chi connectivity index (χ0) is 16.1. The van der Waals surface area contributed by atoms with Crippen LogP contribution in [-0.2, 0) is 11.2 Å². The summed E-state index contributed by atoms with van der Waals surface area (Å²) in [4.78, 5) is 14.9. The SMILES string of the molecule is CCNC(=O)C(CC)CCc1c[nH]c2c(F)cc(OC)cc12. The largest absolute Gasteiger partial charge is 0.497 e. The summed E-state index contributed by atoms with van der Waals surface area (Å²) in [5.41, 5.74) is 1.50. The summed E-state index contributed by atoms with van der Waals surface area (Å²) in [7, 11) is 1.52. The molecule has 0 aliphatic carbocycles. The molecule has 1 unspecified atom stereocenters. The molecule has 0 radical (unpaired) electrons. The molecule has 1 aromatic heterocycles. The topological polar surface area (TPSA) is 54.1 Å². The van der Waals surface area contributed by atoms with Gasteiger partial charge in [-0.3, -0.25) is 4.79 Å². The van der Waals surface area contributed by atoms with Crippen LogP contribution in [-0.4, -0.2) is 24.5 Å². The van der Waals surface area contributed by atoms with Gasteiger partial charge in [-0.1, -0.05) is 6.92 Å². The van der Waals surface area contributed by atoms with Gasteiger partial charge in [-0.05, 0) is 37.8 Å². The number of ether oxygens (including phenoxy) is 1. The van der Waals surface area contributed by atoms with Crippen molar-refractivity contribution in [2.24, 2.45) is 5.92 Å². The first-order chi connectivity index (χ1) is 10.6. The fourth-order valence-corrected chi connectivity index (χ4v) is 2.71. The monoisotopic (exact) mass is 306 g/mol. The van der Waals surface area contributed by atoms with Gasteiger partial charge in [-0.25, -0.2) is 4.39 Å². The third-order valence-electron chi connectivity index (χ3n) is 4.01. The highest BCUT2D eigenvalue weighted by atomic mass is 19.1. The minimum absolute atomic E-state index is 0.0136. The molecule has 0 aliphatic heterocycles. The number of carbonyl (C=O) groups excluding carboxylic acids is 1. The van der Waals surface area contributed by atoms with E-state index in [4.69, 9.17) is 4.74 Å². The molecule has 0 spiro atoms. The fraction of sp³-hybridized carbons (Fsp3) is 0.471. The van der Waals surface area contributed by atoms with E-state index >= 15 is 0 Å². The van der Waals surface area contributed by atoms with Crippen LogP contribution in [0.3, 0.4) is 0 Å². The van der Waals surface area contributed by atoms with Gasteiger partial charge in [0.2, 0.25) is 5.91 Å². The van der Waals surface area contributed by atoms with Gasteiger partial charge in [-0.2, -0.15) is 0 Å². The molecule has 2 rings (SSSR count). The van der Waals surface area contributed by atoms with E-state index in [1.165, 1.54) is 13.2 Å². The van der Waals surface area contributed by atoms with Crippen LogP contribution in [0.5, 0.6) is 5.75 Å². The molecule has 1 heterocycles. The number of rotatable bonds is 7. The normalized spacial score (nSPS) is 12.4. The van der Waals surface area contributed by atoms with E-state index in [1.807, 2.05) is 26.1 Å². The number of benzene rings is 1. The lowest BCUT2D eigenvalue weighted by Crippen LogP contribution is -2.30. The predicted molar refractivity (Wildman–Crippen MR) is 85.6 cm³/mol. The van der Waals surface area contributed by atoms with Crippen LogP contribution in [0.1, 0.15) is 32.3 Å². The molecule has 120 valence electrons. The van der Waals surface area contributed by atoms with Gasteiger partial charge in [-0.15, -0.1) is 0 Å². The molecule has 2 aromatic rings. The number of carbonyl (C=O) groups is 1. The molecule has 2 N–H and O–H groups in total. The van der Waals surface area contributed by atoms with Gasteiger partial charge in [0.1, 0.15) is 5.75 Å². The van der Waals surface area contributed by atoms with Crippen LogP contribution in [0.4, 0.5) is 4.39 Å². The van der Waals surface area contributed by atoms with Crippen LogP contribution < -0.4 is 10.1 Å². The van der Waals surface area contributed by atoms with Crippen LogP contribution >= 0.6 is 0 Å². The Morgan fingerprint density at radius 3 is 2.82 bits per heavy atom. The highest BCUT2D eigenvalue weighted by Gasteiger charge is 2.17. The Bertz CT molecular complexity index is 651. The first-order valence-electron chi connectivity index (χ1n) is 7.71. The van der Waals surface area contributed by atoms with Crippen molar-refractivity contribution in [3.05, 3.63) is 29.7 Å². The Morgan fingerprint density at radius 2 is 2.18 bits per heavy atom. The quantitative estimate of drug-likeness (QED) is 0.823. The van der Waals surface area contributed by atoms with Gasteiger partial charge in [0.05, 0.1) is 12.6 Å².